The van der Waals surface area contributed by atoms with E-state index < -0.39 is 0 Å². The number of anilines is 1. The molecule has 1 aliphatic heterocycles. The summed E-state index contributed by atoms with van der Waals surface area (Å²) in [5.74, 6) is -0.0204. The van der Waals surface area contributed by atoms with Gasteiger partial charge in [-0.1, -0.05) is 48.0 Å². The number of benzene rings is 3. The number of hydrogen-bond donors (Lipinski definition) is 1. The van der Waals surface area contributed by atoms with Crippen molar-refractivity contribution in [2.24, 2.45) is 0 Å². The Morgan fingerprint density at radius 3 is 2.31 bits per heavy atom. The smallest absolute Gasteiger partial charge is 0.251 e. The summed E-state index contributed by atoms with van der Waals surface area (Å²) >= 11 is 0. The maximum Gasteiger partial charge on any atom is 0.251 e. The van der Waals surface area contributed by atoms with E-state index in [4.69, 9.17) is 0 Å². The predicted molar refractivity (Wildman–Crippen MR) is 132 cm³/mol. The molecule has 0 aliphatic carbocycles. The van der Waals surface area contributed by atoms with Crippen LogP contribution in [-0.2, 0) is 13.1 Å². The van der Waals surface area contributed by atoms with E-state index in [-0.39, 0.29) is 5.91 Å². The Morgan fingerprint density at radius 2 is 1.56 bits per heavy atom. The highest BCUT2D eigenvalue weighted by molar-refractivity contribution is 5.94. The highest BCUT2D eigenvalue weighted by Gasteiger charge is 2.18. The number of nitrogens with one attached hydrogen (secondary N) is 1. The van der Waals surface area contributed by atoms with E-state index in [1.54, 1.807) is 0 Å². The molecule has 0 spiro atoms. The van der Waals surface area contributed by atoms with Gasteiger partial charge in [-0.05, 0) is 67.3 Å². The molecule has 1 heterocycles. The Morgan fingerprint density at radius 1 is 0.812 bits per heavy atom. The molecule has 0 bridgehead atoms. The van der Waals surface area contributed by atoms with E-state index in [2.05, 4.69) is 72.3 Å². The van der Waals surface area contributed by atoms with Gasteiger partial charge in [-0.3, -0.25) is 9.69 Å². The first-order valence-corrected chi connectivity index (χ1v) is 11.5. The molecule has 0 unspecified atom stereocenters. The standard InChI is InChI=1S/C28H33N3O/c1-21-6-4-7-24(16-21)19-29-28(32)26-9-5-8-25(18-26)20-30-12-14-31(15-13-30)27-11-10-22(2)23(3)17-27/h4-11,16-18H,12-15,19-20H2,1-3H3,(H,29,32). The number of amides is 1. The summed E-state index contributed by atoms with van der Waals surface area (Å²) in [5.41, 5.74) is 8.25. The first kappa shape index (κ1) is 22.1. The number of hydrogen-bond acceptors (Lipinski definition) is 3. The van der Waals surface area contributed by atoms with E-state index in [1.165, 1.54) is 27.9 Å². The molecule has 4 heteroatoms. The summed E-state index contributed by atoms with van der Waals surface area (Å²) in [7, 11) is 0. The van der Waals surface area contributed by atoms with Crippen LogP contribution in [0.5, 0.6) is 0 Å². The van der Waals surface area contributed by atoms with Crippen molar-refractivity contribution in [3.8, 4) is 0 Å². The fourth-order valence-corrected chi connectivity index (χ4v) is 4.26. The quantitative estimate of drug-likeness (QED) is 0.610. The van der Waals surface area contributed by atoms with E-state index in [9.17, 15) is 4.79 Å². The Labute approximate surface area is 191 Å². The normalized spacial score (nSPS) is 14.4. The summed E-state index contributed by atoms with van der Waals surface area (Å²) in [5, 5.41) is 3.05. The van der Waals surface area contributed by atoms with Gasteiger partial charge in [-0.15, -0.1) is 0 Å². The minimum atomic E-state index is -0.0204. The number of nitrogens with zero attached hydrogens (tertiary/aromatic N) is 2. The minimum Gasteiger partial charge on any atom is -0.369 e. The molecule has 0 saturated carbocycles. The monoisotopic (exact) mass is 427 g/mol. The molecule has 1 saturated heterocycles. The average molecular weight is 428 g/mol. The number of rotatable bonds is 6. The van der Waals surface area contributed by atoms with Crippen LogP contribution in [-0.4, -0.2) is 37.0 Å². The number of carbonyl (C=O) groups excluding carboxylic acids is 1. The molecule has 3 aromatic rings. The first-order valence-electron chi connectivity index (χ1n) is 11.5. The molecule has 32 heavy (non-hydrogen) atoms. The van der Waals surface area contributed by atoms with Gasteiger partial charge in [0.2, 0.25) is 0 Å². The predicted octanol–water partition coefficient (Wildman–Crippen LogP) is 4.86. The van der Waals surface area contributed by atoms with Crippen molar-refractivity contribution in [1.29, 1.82) is 0 Å². The molecular weight excluding hydrogens is 394 g/mol. The number of carbonyl (C=O) groups is 1. The van der Waals surface area contributed by atoms with Crippen LogP contribution in [0, 0.1) is 20.8 Å². The summed E-state index contributed by atoms with van der Waals surface area (Å²) in [6.07, 6.45) is 0. The van der Waals surface area contributed by atoms with Crippen LogP contribution in [0.4, 0.5) is 5.69 Å². The maximum absolute atomic E-state index is 12.7. The summed E-state index contributed by atoms with van der Waals surface area (Å²) in [6, 6.07) is 23.0. The second kappa shape index (κ2) is 10.0. The highest BCUT2D eigenvalue weighted by atomic mass is 16.1. The molecule has 4 nitrogen and oxygen atoms in total. The molecule has 1 amide bonds. The third-order valence-electron chi connectivity index (χ3n) is 6.36. The molecule has 3 aromatic carbocycles. The number of aryl methyl sites for hydroxylation is 3. The van der Waals surface area contributed by atoms with Crippen molar-refractivity contribution in [1.82, 2.24) is 10.2 Å². The second-order valence-electron chi connectivity index (χ2n) is 8.90. The van der Waals surface area contributed by atoms with Gasteiger partial charge in [0.25, 0.3) is 5.91 Å². The van der Waals surface area contributed by atoms with Crippen LogP contribution in [0.1, 0.15) is 38.2 Å². The lowest BCUT2D eigenvalue weighted by Gasteiger charge is -2.36. The Balaban J connectivity index is 1.31. The molecule has 1 N–H and O–H groups in total. The molecule has 0 aromatic heterocycles. The van der Waals surface area contributed by atoms with E-state index in [0.717, 1.165) is 43.9 Å². The van der Waals surface area contributed by atoms with Crippen LogP contribution < -0.4 is 10.2 Å². The topological polar surface area (TPSA) is 35.6 Å². The Hall–Kier alpha value is -3.11. The van der Waals surface area contributed by atoms with Crippen molar-refractivity contribution < 1.29 is 4.79 Å². The van der Waals surface area contributed by atoms with Crippen molar-refractivity contribution >= 4 is 11.6 Å². The zero-order chi connectivity index (χ0) is 22.5. The second-order valence-corrected chi connectivity index (χ2v) is 8.90. The van der Waals surface area contributed by atoms with Crippen LogP contribution >= 0.6 is 0 Å². The average Bonchev–Trinajstić information content (AvgIpc) is 2.80. The summed E-state index contributed by atoms with van der Waals surface area (Å²) < 4.78 is 0. The molecule has 0 radical (unpaired) electrons. The summed E-state index contributed by atoms with van der Waals surface area (Å²) in [4.78, 5) is 17.6. The number of piperazine rings is 1. The van der Waals surface area contributed by atoms with Crippen LogP contribution in [0.25, 0.3) is 0 Å². The third-order valence-corrected chi connectivity index (χ3v) is 6.36. The van der Waals surface area contributed by atoms with Gasteiger partial charge >= 0.3 is 0 Å². The minimum absolute atomic E-state index is 0.0204. The van der Waals surface area contributed by atoms with Crippen LogP contribution in [0.3, 0.4) is 0 Å². The van der Waals surface area contributed by atoms with Crippen LogP contribution in [0.15, 0.2) is 66.7 Å². The first-order chi connectivity index (χ1) is 15.5. The lowest BCUT2D eigenvalue weighted by molar-refractivity contribution is 0.0950. The highest BCUT2D eigenvalue weighted by Crippen LogP contribution is 2.21. The molecule has 1 fully saturated rings. The van der Waals surface area contributed by atoms with E-state index in [0.29, 0.717) is 6.54 Å². The van der Waals surface area contributed by atoms with Gasteiger partial charge in [0, 0.05) is 50.5 Å². The fourth-order valence-electron chi connectivity index (χ4n) is 4.26. The van der Waals surface area contributed by atoms with E-state index >= 15 is 0 Å². The summed E-state index contributed by atoms with van der Waals surface area (Å²) in [6.45, 7) is 11.9. The van der Waals surface area contributed by atoms with Gasteiger partial charge < -0.3 is 10.2 Å². The fraction of sp³-hybridized carbons (Fsp3) is 0.321. The van der Waals surface area contributed by atoms with Gasteiger partial charge in [0.1, 0.15) is 0 Å². The van der Waals surface area contributed by atoms with Gasteiger partial charge in [-0.25, -0.2) is 0 Å². The lowest BCUT2D eigenvalue weighted by atomic mass is 10.1. The van der Waals surface area contributed by atoms with Gasteiger partial charge in [-0.2, -0.15) is 0 Å². The maximum atomic E-state index is 12.7. The SMILES string of the molecule is Cc1cccc(CNC(=O)c2cccc(CN3CCN(c4ccc(C)c(C)c4)CC3)c2)c1. The third kappa shape index (κ3) is 5.57. The van der Waals surface area contributed by atoms with E-state index in [1.807, 2.05) is 30.3 Å². The molecule has 1 aliphatic rings. The van der Waals surface area contributed by atoms with Crippen molar-refractivity contribution in [3.05, 3.63) is 100 Å². The molecule has 0 atom stereocenters. The Kier molecular flexibility index (Phi) is 6.91. The van der Waals surface area contributed by atoms with Crippen LogP contribution in [0.2, 0.25) is 0 Å². The zero-order valence-electron chi connectivity index (χ0n) is 19.4. The van der Waals surface area contributed by atoms with Gasteiger partial charge in [0.15, 0.2) is 0 Å². The zero-order valence-corrected chi connectivity index (χ0v) is 19.4. The van der Waals surface area contributed by atoms with Crippen molar-refractivity contribution in [2.45, 2.75) is 33.9 Å². The Bertz CT molecular complexity index is 1080. The molecule has 166 valence electrons. The largest absolute Gasteiger partial charge is 0.369 e. The van der Waals surface area contributed by atoms with Crippen molar-refractivity contribution in [2.75, 3.05) is 31.1 Å². The molecule has 4 rings (SSSR count). The van der Waals surface area contributed by atoms with Gasteiger partial charge in [0.05, 0.1) is 0 Å². The van der Waals surface area contributed by atoms with Crippen molar-refractivity contribution in [3.63, 3.8) is 0 Å². The molecular formula is C28H33N3O. The lowest BCUT2D eigenvalue weighted by Crippen LogP contribution is -2.46.